The molecule has 0 bridgehead atoms. The van der Waals surface area contributed by atoms with Crippen LogP contribution in [0.15, 0.2) is 18.6 Å². The minimum absolute atomic E-state index is 0.338. The first-order chi connectivity index (χ1) is 8.31. The van der Waals surface area contributed by atoms with Crippen molar-refractivity contribution in [2.45, 2.75) is 52.0 Å². The van der Waals surface area contributed by atoms with E-state index in [0.717, 1.165) is 18.0 Å². The van der Waals surface area contributed by atoms with Gasteiger partial charge in [-0.3, -0.25) is 9.97 Å². The van der Waals surface area contributed by atoms with Crippen LogP contribution < -0.4 is 5.32 Å². The molecule has 96 valence electrons. The molecule has 17 heavy (non-hydrogen) atoms. The second-order valence-electron chi connectivity index (χ2n) is 4.62. The summed E-state index contributed by atoms with van der Waals surface area (Å²) >= 11 is 0. The van der Waals surface area contributed by atoms with Crippen molar-refractivity contribution in [3.8, 4) is 0 Å². The molecular weight excluding hydrogens is 210 g/mol. The molecule has 0 spiro atoms. The quantitative estimate of drug-likeness (QED) is 0.751. The minimum Gasteiger partial charge on any atom is -0.312 e. The average Bonchev–Trinajstić information content (AvgIpc) is 2.40. The fourth-order valence-electron chi connectivity index (χ4n) is 2.19. The lowest BCUT2D eigenvalue weighted by Crippen LogP contribution is -2.21. The smallest absolute Gasteiger partial charge is 0.0756 e. The van der Waals surface area contributed by atoms with E-state index in [0.29, 0.717) is 6.04 Å². The van der Waals surface area contributed by atoms with Crippen molar-refractivity contribution in [1.82, 2.24) is 15.3 Å². The molecule has 0 aromatic carbocycles. The van der Waals surface area contributed by atoms with E-state index in [4.69, 9.17) is 0 Å². The number of rotatable bonds is 8. The minimum atomic E-state index is 0.338. The van der Waals surface area contributed by atoms with E-state index < -0.39 is 0 Å². The molecule has 0 amide bonds. The summed E-state index contributed by atoms with van der Waals surface area (Å²) in [6, 6.07) is 0.338. The second-order valence-corrected chi connectivity index (χ2v) is 4.62. The Bertz CT molecular complexity index is 287. The number of nitrogens with zero attached hydrogens (tertiary/aromatic N) is 2. The van der Waals surface area contributed by atoms with Crippen molar-refractivity contribution >= 4 is 0 Å². The van der Waals surface area contributed by atoms with E-state index >= 15 is 0 Å². The standard InChI is InChI=1S/C14H25N3/c1-4-6-7-12(5-2)10-13(15-3)14-11-16-8-9-17-14/h8-9,11-13,15H,4-7,10H2,1-3H3. The van der Waals surface area contributed by atoms with Gasteiger partial charge in [0.15, 0.2) is 0 Å². The maximum absolute atomic E-state index is 4.39. The molecule has 1 aromatic rings. The summed E-state index contributed by atoms with van der Waals surface area (Å²) in [6.07, 6.45) is 11.7. The van der Waals surface area contributed by atoms with Crippen LogP contribution in [0, 0.1) is 5.92 Å². The summed E-state index contributed by atoms with van der Waals surface area (Å²) in [7, 11) is 2.01. The SMILES string of the molecule is CCCCC(CC)CC(NC)c1cnccn1. The van der Waals surface area contributed by atoms with E-state index in [1.54, 1.807) is 12.4 Å². The summed E-state index contributed by atoms with van der Waals surface area (Å²) < 4.78 is 0. The molecule has 3 nitrogen and oxygen atoms in total. The van der Waals surface area contributed by atoms with Crippen LogP contribution in [0.3, 0.4) is 0 Å². The summed E-state index contributed by atoms with van der Waals surface area (Å²) in [5.41, 5.74) is 1.06. The van der Waals surface area contributed by atoms with Crippen LogP contribution in [0.5, 0.6) is 0 Å². The molecule has 0 radical (unpaired) electrons. The molecule has 3 heteroatoms. The van der Waals surface area contributed by atoms with Gasteiger partial charge in [0, 0.05) is 18.6 Å². The third-order valence-electron chi connectivity index (χ3n) is 3.40. The first kappa shape index (κ1) is 14.1. The molecule has 1 N–H and O–H groups in total. The largest absolute Gasteiger partial charge is 0.312 e. The van der Waals surface area contributed by atoms with E-state index in [2.05, 4.69) is 29.1 Å². The first-order valence-corrected chi connectivity index (χ1v) is 6.74. The van der Waals surface area contributed by atoms with Gasteiger partial charge in [0.2, 0.25) is 0 Å². The van der Waals surface area contributed by atoms with Crippen molar-refractivity contribution < 1.29 is 0 Å². The molecule has 1 heterocycles. The van der Waals surface area contributed by atoms with E-state index in [-0.39, 0.29) is 0 Å². The molecule has 0 fully saturated rings. The highest BCUT2D eigenvalue weighted by Gasteiger charge is 2.16. The van der Waals surface area contributed by atoms with Gasteiger partial charge in [0.25, 0.3) is 0 Å². The highest BCUT2D eigenvalue weighted by Crippen LogP contribution is 2.25. The van der Waals surface area contributed by atoms with E-state index in [1.807, 2.05) is 13.2 Å². The monoisotopic (exact) mass is 235 g/mol. The van der Waals surface area contributed by atoms with Crippen molar-refractivity contribution in [3.63, 3.8) is 0 Å². The zero-order valence-corrected chi connectivity index (χ0v) is 11.3. The van der Waals surface area contributed by atoms with Crippen LogP contribution in [0.2, 0.25) is 0 Å². The summed E-state index contributed by atoms with van der Waals surface area (Å²) in [5, 5.41) is 3.36. The van der Waals surface area contributed by atoms with Crippen LogP contribution in [0.4, 0.5) is 0 Å². The Hall–Kier alpha value is -0.960. The molecular formula is C14H25N3. The summed E-state index contributed by atoms with van der Waals surface area (Å²) in [4.78, 5) is 8.54. The Labute approximate surface area is 105 Å². The first-order valence-electron chi connectivity index (χ1n) is 6.74. The Balaban J connectivity index is 2.56. The molecule has 0 saturated heterocycles. The second kappa shape index (κ2) is 8.18. The zero-order chi connectivity index (χ0) is 12.5. The Morgan fingerprint density at radius 2 is 2.12 bits per heavy atom. The van der Waals surface area contributed by atoms with Gasteiger partial charge in [-0.05, 0) is 19.4 Å². The molecule has 0 aliphatic heterocycles. The lowest BCUT2D eigenvalue weighted by molar-refractivity contribution is 0.360. The van der Waals surface area contributed by atoms with Gasteiger partial charge in [-0.25, -0.2) is 0 Å². The Morgan fingerprint density at radius 1 is 1.29 bits per heavy atom. The van der Waals surface area contributed by atoms with Gasteiger partial charge in [0.1, 0.15) is 0 Å². The van der Waals surface area contributed by atoms with Crippen LogP contribution in [0.25, 0.3) is 0 Å². The zero-order valence-electron chi connectivity index (χ0n) is 11.3. The summed E-state index contributed by atoms with van der Waals surface area (Å²) in [6.45, 7) is 4.54. The van der Waals surface area contributed by atoms with Gasteiger partial charge in [-0.1, -0.05) is 39.5 Å². The molecule has 2 atom stereocenters. The summed E-state index contributed by atoms with van der Waals surface area (Å²) in [5.74, 6) is 0.786. The fourth-order valence-corrected chi connectivity index (χ4v) is 2.19. The maximum Gasteiger partial charge on any atom is 0.0756 e. The molecule has 0 aliphatic rings. The highest BCUT2D eigenvalue weighted by atomic mass is 14.9. The molecule has 2 unspecified atom stereocenters. The molecule has 0 saturated carbocycles. The van der Waals surface area contributed by atoms with Crippen molar-refractivity contribution in [2.24, 2.45) is 5.92 Å². The van der Waals surface area contributed by atoms with Crippen LogP contribution in [0.1, 0.15) is 57.7 Å². The van der Waals surface area contributed by atoms with E-state index in [1.165, 1.54) is 25.7 Å². The third kappa shape index (κ3) is 4.82. The topological polar surface area (TPSA) is 37.8 Å². The molecule has 1 rings (SSSR count). The Kier molecular flexibility index (Phi) is 6.78. The van der Waals surface area contributed by atoms with Crippen molar-refractivity contribution in [3.05, 3.63) is 24.3 Å². The fraction of sp³-hybridized carbons (Fsp3) is 0.714. The molecule has 1 aromatic heterocycles. The number of nitrogens with one attached hydrogen (secondary N) is 1. The number of hydrogen-bond donors (Lipinski definition) is 1. The van der Waals surface area contributed by atoms with Gasteiger partial charge >= 0.3 is 0 Å². The van der Waals surface area contributed by atoms with E-state index in [9.17, 15) is 0 Å². The van der Waals surface area contributed by atoms with Gasteiger partial charge in [-0.15, -0.1) is 0 Å². The highest BCUT2D eigenvalue weighted by molar-refractivity contribution is 5.02. The lowest BCUT2D eigenvalue weighted by Gasteiger charge is -2.21. The lowest BCUT2D eigenvalue weighted by atomic mass is 9.91. The van der Waals surface area contributed by atoms with Crippen molar-refractivity contribution in [2.75, 3.05) is 7.05 Å². The number of aromatic nitrogens is 2. The molecule has 0 aliphatic carbocycles. The normalized spacial score (nSPS) is 14.5. The Morgan fingerprint density at radius 3 is 2.65 bits per heavy atom. The number of unbranched alkanes of at least 4 members (excludes halogenated alkanes) is 1. The maximum atomic E-state index is 4.39. The van der Waals surface area contributed by atoms with Gasteiger partial charge in [-0.2, -0.15) is 0 Å². The average molecular weight is 235 g/mol. The third-order valence-corrected chi connectivity index (χ3v) is 3.40. The van der Waals surface area contributed by atoms with Crippen LogP contribution in [-0.4, -0.2) is 17.0 Å². The van der Waals surface area contributed by atoms with Crippen molar-refractivity contribution in [1.29, 1.82) is 0 Å². The van der Waals surface area contributed by atoms with Gasteiger partial charge < -0.3 is 5.32 Å². The van der Waals surface area contributed by atoms with Gasteiger partial charge in [0.05, 0.1) is 11.7 Å². The number of hydrogen-bond acceptors (Lipinski definition) is 3. The predicted octanol–water partition coefficient (Wildman–Crippen LogP) is 3.34. The predicted molar refractivity (Wildman–Crippen MR) is 71.8 cm³/mol. The van der Waals surface area contributed by atoms with Crippen LogP contribution >= 0.6 is 0 Å². The van der Waals surface area contributed by atoms with Crippen LogP contribution in [-0.2, 0) is 0 Å².